The molecule has 0 saturated heterocycles. The van der Waals surface area contributed by atoms with Crippen LogP contribution in [-0.2, 0) is 10.8 Å². The third-order valence-electron chi connectivity index (χ3n) is 13.7. The molecule has 0 bridgehead atoms. The number of rotatable bonds is 6. The molecular weight excluding hydrogens is 735 g/mol. The van der Waals surface area contributed by atoms with E-state index < -0.39 is 5.41 Å². The van der Waals surface area contributed by atoms with Crippen molar-refractivity contribution in [2.24, 2.45) is 0 Å². The number of hydrogen-bond donors (Lipinski definition) is 0. The predicted molar refractivity (Wildman–Crippen MR) is 256 cm³/mol. The van der Waals surface area contributed by atoms with E-state index in [1.54, 1.807) is 0 Å². The molecule has 10 aromatic rings. The van der Waals surface area contributed by atoms with Crippen molar-refractivity contribution < 1.29 is 0 Å². The molecule has 0 radical (unpaired) electrons. The Hall–Kier alpha value is -7.48. The summed E-state index contributed by atoms with van der Waals surface area (Å²) in [6.45, 7) is 4.75. The summed E-state index contributed by atoms with van der Waals surface area (Å²) in [5, 5.41) is 4.98. The molecule has 0 heterocycles. The van der Waals surface area contributed by atoms with Gasteiger partial charge in [-0.2, -0.15) is 0 Å². The molecule has 1 unspecified atom stereocenters. The quantitative estimate of drug-likeness (QED) is 0.152. The van der Waals surface area contributed by atoms with Gasteiger partial charge in [-0.15, -0.1) is 0 Å². The van der Waals surface area contributed by atoms with Crippen LogP contribution in [0.15, 0.2) is 224 Å². The van der Waals surface area contributed by atoms with Crippen LogP contribution >= 0.6 is 0 Å². The Labute approximate surface area is 357 Å². The highest BCUT2D eigenvalue weighted by Gasteiger charge is 2.46. The van der Waals surface area contributed by atoms with Crippen molar-refractivity contribution in [1.29, 1.82) is 0 Å². The first-order valence-corrected chi connectivity index (χ1v) is 21.4. The van der Waals surface area contributed by atoms with Gasteiger partial charge >= 0.3 is 0 Å². The highest BCUT2D eigenvalue weighted by molar-refractivity contribution is 6.13. The second-order valence-corrected chi connectivity index (χ2v) is 17.2. The lowest BCUT2D eigenvalue weighted by Gasteiger charge is -2.35. The number of benzene rings is 10. The van der Waals surface area contributed by atoms with E-state index in [0.29, 0.717) is 0 Å². The fraction of sp³-hybridized carbons (Fsp3) is 0.0667. The maximum atomic E-state index is 2.52. The zero-order valence-electron chi connectivity index (χ0n) is 34.3. The second-order valence-electron chi connectivity index (χ2n) is 17.2. The Kier molecular flexibility index (Phi) is 7.86. The van der Waals surface area contributed by atoms with E-state index in [1.807, 2.05) is 0 Å². The molecule has 1 nitrogen and oxygen atoms in total. The lowest BCUT2D eigenvalue weighted by molar-refractivity contribution is 0.660. The van der Waals surface area contributed by atoms with Gasteiger partial charge < -0.3 is 4.90 Å². The molecule has 288 valence electrons. The van der Waals surface area contributed by atoms with Crippen LogP contribution in [0.4, 0.5) is 17.1 Å². The maximum absolute atomic E-state index is 2.52. The van der Waals surface area contributed by atoms with Gasteiger partial charge in [0.15, 0.2) is 0 Å². The van der Waals surface area contributed by atoms with Crippen molar-refractivity contribution in [2.45, 2.75) is 24.7 Å². The van der Waals surface area contributed by atoms with Crippen LogP contribution in [0.2, 0.25) is 0 Å². The molecule has 0 amide bonds. The zero-order chi connectivity index (χ0) is 40.7. The van der Waals surface area contributed by atoms with Crippen molar-refractivity contribution in [3.05, 3.63) is 258 Å². The fourth-order valence-corrected chi connectivity index (χ4v) is 10.9. The number of fused-ring (bicyclic) bond motifs is 9. The van der Waals surface area contributed by atoms with Gasteiger partial charge in [0.05, 0.1) is 11.1 Å². The molecule has 10 aromatic carbocycles. The minimum atomic E-state index is -0.573. The van der Waals surface area contributed by atoms with E-state index in [4.69, 9.17) is 0 Å². The normalized spacial score (nSPS) is 15.6. The number of anilines is 3. The van der Waals surface area contributed by atoms with E-state index in [-0.39, 0.29) is 5.41 Å². The summed E-state index contributed by atoms with van der Waals surface area (Å²) in [4.78, 5) is 2.52. The Morgan fingerprint density at radius 3 is 1.67 bits per heavy atom. The van der Waals surface area contributed by atoms with Crippen LogP contribution in [0.3, 0.4) is 0 Å². The number of hydrogen-bond acceptors (Lipinski definition) is 1. The van der Waals surface area contributed by atoms with Gasteiger partial charge in [-0.3, -0.25) is 0 Å². The van der Waals surface area contributed by atoms with Crippen LogP contribution in [-0.4, -0.2) is 0 Å². The topological polar surface area (TPSA) is 3.24 Å². The summed E-state index contributed by atoms with van der Waals surface area (Å²) in [5.74, 6) is 0. The highest BCUT2D eigenvalue weighted by Crippen LogP contribution is 2.58. The van der Waals surface area contributed by atoms with Crippen LogP contribution in [0.5, 0.6) is 0 Å². The predicted octanol–water partition coefficient (Wildman–Crippen LogP) is 15.8. The third-order valence-corrected chi connectivity index (χ3v) is 13.7. The Morgan fingerprint density at radius 2 is 0.885 bits per heavy atom. The minimum absolute atomic E-state index is 0.144. The first-order chi connectivity index (χ1) is 30.0. The molecule has 12 rings (SSSR count). The average molecular weight is 778 g/mol. The van der Waals surface area contributed by atoms with E-state index in [1.165, 1.54) is 88.3 Å². The van der Waals surface area contributed by atoms with Gasteiger partial charge in [0, 0.05) is 22.2 Å². The number of nitrogens with zero attached hydrogens (tertiary/aromatic N) is 1. The Bertz CT molecular complexity index is 3340. The summed E-state index contributed by atoms with van der Waals surface area (Å²) in [6, 6.07) is 83.8. The molecule has 0 saturated carbocycles. The monoisotopic (exact) mass is 777 g/mol. The lowest BCUT2D eigenvalue weighted by atomic mass is 9.67. The molecule has 2 aliphatic rings. The van der Waals surface area contributed by atoms with Crippen molar-refractivity contribution >= 4 is 38.6 Å². The van der Waals surface area contributed by atoms with Crippen LogP contribution in [0.1, 0.15) is 47.2 Å². The first-order valence-electron chi connectivity index (χ1n) is 21.4. The molecular formula is C60H43N. The van der Waals surface area contributed by atoms with E-state index in [9.17, 15) is 0 Å². The maximum Gasteiger partial charge on any atom is 0.0714 e. The van der Waals surface area contributed by atoms with Crippen LogP contribution < -0.4 is 4.90 Å². The smallest absolute Gasteiger partial charge is 0.0714 e. The summed E-state index contributed by atoms with van der Waals surface area (Å²) in [7, 11) is 0. The van der Waals surface area contributed by atoms with Crippen molar-refractivity contribution in [2.75, 3.05) is 4.90 Å². The van der Waals surface area contributed by atoms with Crippen molar-refractivity contribution in [1.82, 2.24) is 0 Å². The van der Waals surface area contributed by atoms with Crippen LogP contribution in [0, 0.1) is 0 Å². The molecule has 0 aliphatic heterocycles. The standard InChI is InChI=1S/C60H43N/c1-59(2)54-28-13-11-25-49(54)51-35-32-45(38-56(51)59)61(58-30-16-27-48-47-24-10-9-19-41(47)31-34-53(48)58)46-33-36-52-50-26-12-14-29-55(50)60(57(52)39-46,43-21-7-4-8-22-43)44-23-15-20-42(37-44)40-17-5-3-6-18-40/h3-39H,1-2H3. The third kappa shape index (κ3) is 5.20. The molecule has 0 fully saturated rings. The summed E-state index contributed by atoms with van der Waals surface area (Å²) in [5.41, 5.74) is 18.2. The Morgan fingerprint density at radius 1 is 0.328 bits per heavy atom. The van der Waals surface area contributed by atoms with E-state index in [2.05, 4.69) is 243 Å². The van der Waals surface area contributed by atoms with E-state index >= 15 is 0 Å². The summed E-state index contributed by atoms with van der Waals surface area (Å²) in [6.07, 6.45) is 0. The molecule has 1 heteroatoms. The van der Waals surface area contributed by atoms with Gasteiger partial charge in [0.2, 0.25) is 0 Å². The largest absolute Gasteiger partial charge is 0.310 e. The molecule has 2 aliphatic carbocycles. The van der Waals surface area contributed by atoms with Gasteiger partial charge in [0.25, 0.3) is 0 Å². The first kappa shape index (κ1) is 35.5. The highest BCUT2D eigenvalue weighted by atomic mass is 15.1. The molecule has 0 N–H and O–H groups in total. The van der Waals surface area contributed by atoms with E-state index in [0.717, 1.165) is 17.1 Å². The van der Waals surface area contributed by atoms with Crippen molar-refractivity contribution in [3.63, 3.8) is 0 Å². The van der Waals surface area contributed by atoms with Gasteiger partial charge in [-0.25, -0.2) is 0 Å². The summed E-state index contributed by atoms with van der Waals surface area (Å²) >= 11 is 0. The Balaban J connectivity index is 1.15. The van der Waals surface area contributed by atoms with Gasteiger partial charge in [0.1, 0.15) is 0 Å². The molecule has 61 heavy (non-hydrogen) atoms. The molecule has 0 aromatic heterocycles. The second kappa shape index (κ2) is 13.5. The van der Waals surface area contributed by atoms with Gasteiger partial charge in [-0.1, -0.05) is 202 Å². The summed E-state index contributed by atoms with van der Waals surface area (Å²) < 4.78 is 0. The fourth-order valence-electron chi connectivity index (χ4n) is 10.9. The van der Waals surface area contributed by atoms with Crippen LogP contribution in [0.25, 0.3) is 54.9 Å². The zero-order valence-corrected chi connectivity index (χ0v) is 34.3. The van der Waals surface area contributed by atoms with Crippen molar-refractivity contribution in [3.8, 4) is 33.4 Å². The molecule has 1 atom stereocenters. The SMILES string of the molecule is CC1(C)c2ccccc2-c2ccc(N(c3ccc4c(c3)C(c3ccccc3)(c3cccc(-c5ccccc5)c3)c3ccccc3-4)c3cccc4c3ccc3ccccc34)cc21. The average Bonchev–Trinajstić information content (AvgIpc) is 3.75. The lowest BCUT2D eigenvalue weighted by Crippen LogP contribution is -2.29. The van der Waals surface area contributed by atoms with Gasteiger partial charge in [-0.05, 0) is 119 Å². The minimum Gasteiger partial charge on any atom is -0.310 e. The molecule has 0 spiro atoms.